The third-order valence-electron chi connectivity index (χ3n) is 1.94. The first-order chi connectivity index (χ1) is 5.79. The Kier molecular flexibility index (Phi) is 2.05. The lowest BCUT2D eigenvalue weighted by Gasteiger charge is -2.08. The molecule has 64 valence electrons. The Labute approximate surface area is 75.7 Å². The molecular weight excluding hydrogens is 176 g/mol. The van der Waals surface area contributed by atoms with Gasteiger partial charge in [-0.25, -0.2) is 0 Å². The van der Waals surface area contributed by atoms with Crippen LogP contribution < -0.4 is 0 Å². The first-order valence-electron chi connectivity index (χ1n) is 3.83. The number of aliphatic hydroxyl groups is 1. The number of ether oxygens (including phenoxy) is 1. The van der Waals surface area contributed by atoms with Crippen molar-refractivity contribution in [2.75, 3.05) is 6.61 Å². The zero-order chi connectivity index (χ0) is 8.55. The van der Waals surface area contributed by atoms with Crippen molar-refractivity contribution >= 4 is 11.6 Å². The largest absolute Gasteiger partial charge is 0.386 e. The maximum atomic E-state index is 9.63. The molecule has 1 heterocycles. The molecule has 0 saturated carbocycles. The summed E-state index contributed by atoms with van der Waals surface area (Å²) in [5.41, 5.74) is 0.752. The summed E-state index contributed by atoms with van der Waals surface area (Å²) < 4.78 is 4.97. The van der Waals surface area contributed by atoms with Crippen LogP contribution in [0.3, 0.4) is 0 Å². The highest BCUT2D eigenvalue weighted by Gasteiger charge is 2.33. The third-order valence-corrected chi connectivity index (χ3v) is 2.28. The highest BCUT2D eigenvalue weighted by Crippen LogP contribution is 2.31. The van der Waals surface area contributed by atoms with Gasteiger partial charge in [-0.05, 0) is 6.07 Å². The summed E-state index contributed by atoms with van der Waals surface area (Å²) in [6, 6.07) is 7.27. The second kappa shape index (κ2) is 3.05. The first-order valence-corrected chi connectivity index (χ1v) is 4.21. The van der Waals surface area contributed by atoms with E-state index in [1.54, 1.807) is 6.07 Å². The van der Waals surface area contributed by atoms with Crippen molar-refractivity contribution < 1.29 is 9.84 Å². The van der Waals surface area contributed by atoms with Crippen LogP contribution in [0.2, 0.25) is 5.02 Å². The fraction of sp³-hybridized carbons (Fsp3) is 0.333. The van der Waals surface area contributed by atoms with Gasteiger partial charge in [-0.15, -0.1) is 0 Å². The molecule has 2 unspecified atom stereocenters. The third kappa shape index (κ3) is 1.46. The van der Waals surface area contributed by atoms with Crippen LogP contribution in [0, 0.1) is 0 Å². The summed E-state index contributed by atoms with van der Waals surface area (Å²) in [4.78, 5) is 0. The van der Waals surface area contributed by atoms with E-state index in [0.717, 1.165) is 5.56 Å². The number of halogens is 1. The SMILES string of the molecule is OC(c1ccccc1Cl)C1CO1. The Morgan fingerprint density at radius 3 is 2.75 bits per heavy atom. The van der Waals surface area contributed by atoms with Gasteiger partial charge < -0.3 is 9.84 Å². The first kappa shape index (κ1) is 8.05. The molecule has 1 aliphatic heterocycles. The fourth-order valence-electron chi connectivity index (χ4n) is 1.15. The number of benzene rings is 1. The van der Waals surface area contributed by atoms with E-state index in [1.165, 1.54) is 0 Å². The summed E-state index contributed by atoms with van der Waals surface area (Å²) in [5, 5.41) is 10.2. The van der Waals surface area contributed by atoms with E-state index in [9.17, 15) is 5.11 Å². The monoisotopic (exact) mass is 184 g/mol. The molecule has 2 nitrogen and oxygen atoms in total. The second-order valence-corrected chi connectivity index (χ2v) is 3.25. The van der Waals surface area contributed by atoms with Crippen LogP contribution in [0.5, 0.6) is 0 Å². The summed E-state index contributed by atoms with van der Waals surface area (Å²) in [7, 11) is 0. The van der Waals surface area contributed by atoms with Crippen molar-refractivity contribution in [2.45, 2.75) is 12.2 Å². The van der Waals surface area contributed by atoms with E-state index in [0.29, 0.717) is 11.6 Å². The molecule has 1 aromatic carbocycles. The molecule has 0 amide bonds. The number of rotatable bonds is 2. The Balaban J connectivity index is 2.25. The molecule has 3 heteroatoms. The number of hydrogen-bond donors (Lipinski definition) is 1. The molecule has 0 aliphatic carbocycles. The molecule has 12 heavy (non-hydrogen) atoms. The van der Waals surface area contributed by atoms with Gasteiger partial charge in [0.1, 0.15) is 12.2 Å². The molecule has 1 aromatic rings. The average molecular weight is 185 g/mol. The Bertz CT molecular complexity index is 284. The highest BCUT2D eigenvalue weighted by molar-refractivity contribution is 6.31. The lowest BCUT2D eigenvalue weighted by molar-refractivity contribution is 0.137. The molecule has 1 fully saturated rings. The van der Waals surface area contributed by atoms with E-state index >= 15 is 0 Å². The van der Waals surface area contributed by atoms with Gasteiger partial charge in [-0.2, -0.15) is 0 Å². The summed E-state index contributed by atoms with van der Waals surface area (Å²) in [6.45, 7) is 0.631. The lowest BCUT2D eigenvalue weighted by Crippen LogP contribution is -2.05. The topological polar surface area (TPSA) is 32.8 Å². The molecule has 2 atom stereocenters. The van der Waals surface area contributed by atoms with E-state index in [2.05, 4.69) is 0 Å². The van der Waals surface area contributed by atoms with Crippen LogP contribution in [0.15, 0.2) is 24.3 Å². The Morgan fingerprint density at radius 1 is 1.50 bits per heavy atom. The maximum absolute atomic E-state index is 9.63. The van der Waals surface area contributed by atoms with Gasteiger partial charge in [-0.1, -0.05) is 29.8 Å². The molecule has 0 bridgehead atoms. The van der Waals surface area contributed by atoms with Crippen molar-refractivity contribution in [2.24, 2.45) is 0 Å². The van der Waals surface area contributed by atoms with Crippen molar-refractivity contribution in [3.8, 4) is 0 Å². The minimum atomic E-state index is -0.571. The van der Waals surface area contributed by atoms with Crippen LogP contribution in [0.4, 0.5) is 0 Å². The fourth-order valence-corrected chi connectivity index (χ4v) is 1.40. The number of aliphatic hydroxyl groups excluding tert-OH is 1. The van der Waals surface area contributed by atoms with Crippen molar-refractivity contribution in [3.05, 3.63) is 34.9 Å². The van der Waals surface area contributed by atoms with Gasteiger partial charge in [0.2, 0.25) is 0 Å². The van der Waals surface area contributed by atoms with E-state index in [4.69, 9.17) is 16.3 Å². The average Bonchev–Trinajstić information content (AvgIpc) is 2.86. The lowest BCUT2D eigenvalue weighted by atomic mass is 10.1. The molecule has 1 N–H and O–H groups in total. The van der Waals surface area contributed by atoms with E-state index < -0.39 is 6.10 Å². The summed E-state index contributed by atoms with van der Waals surface area (Å²) in [6.07, 6.45) is -0.622. The maximum Gasteiger partial charge on any atom is 0.111 e. The molecule has 1 aliphatic rings. The van der Waals surface area contributed by atoms with Gasteiger partial charge >= 0.3 is 0 Å². The quantitative estimate of drug-likeness (QED) is 0.711. The Hall–Kier alpha value is -0.570. The summed E-state index contributed by atoms with van der Waals surface area (Å²) >= 11 is 5.88. The van der Waals surface area contributed by atoms with Crippen LogP contribution in [0.1, 0.15) is 11.7 Å². The van der Waals surface area contributed by atoms with Crippen LogP contribution in [-0.2, 0) is 4.74 Å². The van der Waals surface area contributed by atoms with Gasteiger partial charge in [-0.3, -0.25) is 0 Å². The van der Waals surface area contributed by atoms with Crippen molar-refractivity contribution in [1.29, 1.82) is 0 Å². The molecular formula is C9H9ClO2. The minimum absolute atomic E-state index is 0.0510. The zero-order valence-electron chi connectivity index (χ0n) is 6.40. The summed E-state index contributed by atoms with van der Waals surface area (Å²) in [5.74, 6) is 0. The molecule has 0 radical (unpaired) electrons. The van der Waals surface area contributed by atoms with Crippen molar-refractivity contribution in [3.63, 3.8) is 0 Å². The highest BCUT2D eigenvalue weighted by atomic mass is 35.5. The van der Waals surface area contributed by atoms with Crippen LogP contribution >= 0.6 is 11.6 Å². The Morgan fingerprint density at radius 2 is 2.17 bits per heavy atom. The van der Waals surface area contributed by atoms with Gasteiger partial charge in [0.25, 0.3) is 0 Å². The predicted molar refractivity (Wildman–Crippen MR) is 46.2 cm³/mol. The normalized spacial score (nSPS) is 23.7. The molecule has 1 saturated heterocycles. The number of epoxide rings is 1. The molecule has 0 aromatic heterocycles. The molecule has 2 rings (SSSR count). The van der Waals surface area contributed by atoms with Crippen LogP contribution in [-0.4, -0.2) is 17.8 Å². The van der Waals surface area contributed by atoms with E-state index in [-0.39, 0.29) is 6.10 Å². The van der Waals surface area contributed by atoms with Gasteiger partial charge in [0.15, 0.2) is 0 Å². The molecule has 0 spiro atoms. The smallest absolute Gasteiger partial charge is 0.111 e. The van der Waals surface area contributed by atoms with E-state index in [1.807, 2.05) is 18.2 Å². The van der Waals surface area contributed by atoms with Crippen LogP contribution in [0.25, 0.3) is 0 Å². The van der Waals surface area contributed by atoms with Crippen molar-refractivity contribution in [1.82, 2.24) is 0 Å². The second-order valence-electron chi connectivity index (χ2n) is 2.84. The van der Waals surface area contributed by atoms with Gasteiger partial charge in [0.05, 0.1) is 6.61 Å². The minimum Gasteiger partial charge on any atom is -0.386 e. The predicted octanol–water partition coefficient (Wildman–Crippen LogP) is 1.77. The standard InChI is InChI=1S/C9H9ClO2/c10-7-4-2-1-3-6(7)9(11)8-5-12-8/h1-4,8-9,11H,5H2. The van der Waals surface area contributed by atoms with Gasteiger partial charge in [0, 0.05) is 10.6 Å². The zero-order valence-corrected chi connectivity index (χ0v) is 7.16. The number of hydrogen-bond acceptors (Lipinski definition) is 2.